The minimum Gasteiger partial charge on any atom is -0.481 e. The minimum absolute atomic E-state index is 0.247. The van der Waals surface area contributed by atoms with Crippen LogP contribution in [0.25, 0.3) is 0 Å². The molecule has 3 aliphatic heterocycles. The molecule has 0 N–H and O–H groups in total. The summed E-state index contributed by atoms with van der Waals surface area (Å²) in [5.41, 5.74) is -0.494. The first-order valence-electron chi connectivity index (χ1n) is 9.20. The third-order valence-corrected chi connectivity index (χ3v) is 8.59. The van der Waals surface area contributed by atoms with Gasteiger partial charge in [-0.05, 0) is 12.8 Å². The van der Waals surface area contributed by atoms with Gasteiger partial charge in [-0.15, -0.1) is 0 Å². The predicted octanol–water partition coefficient (Wildman–Crippen LogP) is 1.64. The smallest absolute Gasteiger partial charge is 0.218 e. The Labute approximate surface area is 155 Å². The normalized spacial score (nSPS) is 34.0. The van der Waals surface area contributed by atoms with Gasteiger partial charge in [0.05, 0.1) is 18.6 Å². The van der Waals surface area contributed by atoms with Gasteiger partial charge in [-0.1, -0.05) is 13.8 Å². The molecule has 26 heavy (non-hydrogen) atoms. The highest BCUT2D eigenvalue weighted by Gasteiger charge is 2.60. The summed E-state index contributed by atoms with van der Waals surface area (Å²) >= 11 is 0. The van der Waals surface area contributed by atoms with Crippen molar-refractivity contribution in [1.82, 2.24) is 9.97 Å². The molecule has 8 heteroatoms. The lowest BCUT2D eigenvalue weighted by Crippen LogP contribution is -2.34. The summed E-state index contributed by atoms with van der Waals surface area (Å²) in [7, 11) is -1.35. The van der Waals surface area contributed by atoms with Crippen molar-refractivity contribution in [3.05, 3.63) is 11.9 Å². The number of methoxy groups -OCH3 is 1. The molecule has 4 heterocycles. The molecule has 3 aliphatic rings. The quantitative estimate of drug-likeness (QED) is 0.787. The standard InChI is InChI=1S/C18H27N3O4S/c1-17-9-21(10-18(17,2)12-26(22,23)11-17)14-8-15(24-3)20-16(19-14)13-4-6-25-7-5-13/h8,13H,4-7,9-12H2,1-3H3/t17-,18+. The van der Waals surface area contributed by atoms with Gasteiger partial charge in [-0.3, -0.25) is 0 Å². The van der Waals surface area contributed by atoms with E-state index in [1.807, 2.05) is 6.07 Å². The van der Waals surface area contributed by atoms with E-state index in [1.54, 1.807) is 7.11 Å². The lowest BCUT2D eigenvalue weighted by Gasteiger charge is -2.29. The number of fused-ring (bicyclic) bond motifs is 1. The SMILES string of the molecule is COc1cc(N2C[C@@]3(C)CS(=O)(=O)C[C@@]3(C)C2)nc(C2CCOCC2)n1. The molecule has 3 saturated heterocycles. The van der Waals surface area contributed by atoms with Gasteiger partial charge in [0, 0.05) is 49.1 Å². The van der Waals surface area contributed by atoms with Crippen molar-refractivity contribution >= 4 is 15.7 Å². The Kier molecular flexibility index (Phi) is 4.19. The maximum atomic E-state index is 12.2. The van der Waals surface area contributed by atoms with Crippen molar-refractivity contribution in [3.63, 3.8) is 0 Å². The van der Waals surface area contributed by atoms with E-state index in [0.29, 0.717) is 19.0 Å². The molecule has 4 rings (SSSR count). The number of hydrogen-bond donors (Lipinski definition) is 0. The lowest BCUT2D eigenvalue weighted by atomic mass is 9.71. The number of sulfone groups is 1. The van der Waals surface area contributed by atoms with Crippen LogP contribution in [0.4, 0.5) is 5.82 Å². The molecular formula is C18H27N3O4S. The van der Waals surface area contributed by atoms with Crippen LogP contribution in [0.1, 0.15) is 38.4 Å². The molecule has 1 aromatic rings. The van der Waals surface area contributed by atoms with Gasteiger partial charge in [-0.2, -0.15) is 4.98 Å². The molecule has 2 atom stereocenters. The second-order valence-electron chi connectivity index (χ2n) is 8.52. The topological polar surface area (TPSA) is 81.6 Å². The second kappa shape index (κ2) is 6.05. The van der Waals surface area contributed by atoms with Crippen LogP contribution in [0, 0.1) is 10.8 Å². The molecule has 7 nitrogen and oxygen atoms in total. The monoisotopic (exact) mass is 381 g/mol. The van der Waals surface area contributed by atoms with E-state index >= 15 is 0 Å². The molecule has 0 unspecified atom stereocenters. The van der Waals surface area contributed by atoms with Crippen molar-refractivity contribution in [1.29, 1.82) is 0 Å². The molecule has 0 saturated carbocycles. The maximum Gasteiger partial charge on any atom is 0.218 e. The molecule has 0 aromatic carbocycles. The van der Waals surface area contributed by atoms with Crippen molar-refractivity contribution in [2.45, 2.75) is 32.6 Å². The van der Waals surface area contributed by atoms with Gasteiger partial charge >= 0.3 is 0 Å². The van der Waals surface area contributed by atoms with Crippen LogP contribution in [-0.4, -0.2) is 63.3 Å². The highest BCUT2D eigenvalue weighted by molar-refractivity contribution is 7.91. The van der Waals surface area contributed by atoms with Crippen LogP contribution in [0.15, 0.2) is 6.07 Å². The van der Waals surface area contributed by atoms with Crippen molar-refractivity contribution in [3.8, 4) is 5.88 Å². The summed E-state index contributed by atoms with van der Waals surface area (Å²) in [4.78, 5) is 11.6. The van der Waals surface area contributed by atoms with E-state index in [1.165, 1.54) is 0 Å². The first-order chi connectivity index (χ1) is 12.2. The van der Waals surface area contributed by atoms with Gasteiger partial charge < -0.3 is 14.4 Å². The summed E-state index contributed by atoms with van der Waals surface area (Å²) in [6, 6.07) is 1.87. The Morgan fingerprint density at radius 3 is 2.35 bits per heavy atom. The molecule has 144 valence electrons. The van der Waals surface area contributed by atoms with Crippen molar-refractivity contribution in [2.24, 2.45) is 10.8 Å². The Morgan fingerprint density at radius 1 is 1.15 bits per heavy atom. The van der Waals surface area contributed by atoms with Gasteiger partial charge in [0.25, 0.3) is 0 Å². The van der Waals surface area contributed by atoms with E-state index < -0.39 is 9.84 Å². The fourth-order valence-electron chi connectivity index (χ4n) is 4.74. The van der Waals surface area contributed by atoms with Crippen LogP contribution >= 0.6 is 0 Å². The second-order valence-corrected chi connectivity index (χ2v) is 10.6. The van der Waals surface area contributed by atoms with Gasteiger partial charge in [0.1, 0.15) is 11.6 Å². The van der Waals surface area contributed by atoms with Crippen molar-refractivity contribution in [2.75, 3.05) is 49.8 Å². The van der Waals surface area contributed by atoms with E-state index in [9.17, 15) is 8.42 Å². The van der Waals surface area contributed by atoms with Gasteiger partial charge in [-0.25, -0.2) is 13.4 Å². The first kappa shape index (κ1) is 18.0. The van der Waals surface area contributed by atoms with Crippen LogP contribution < -0.4 is 9.64 Å². The fourth-order valence-corrected chi connectivity index (χ4v) is 7.66. The van der Waals surface area contributed by atoms with Crippen LogP contribution in [0.2, 0.25) is 0 Å². The first-order valence-corrected chi connectivity index (χ1v) is 11.0. The van der Waals surface area contributed by atoms with Crippen LogP contribution in [0.5, 0.6) is 5.88 Å². The Bertz CT molecular complexity index is 783. The van der Waals surface area contributed by atoms with E-state index in [-0.39, 0.29) is 28.3 Å². The number of ether oxygens (including phenoxy) is 2. The molecule has 0 radical (unpaired) electrons. The highest BCUT2D eigenvalue weighted by Crippen LogP contribution is 2.53. The largest absolute Gasteiger partial charge is 0.481 e. The number of hydrogen-bond acceptors (Lipinski definition) is 7. The summed E-state index contributed by atoms with van der Waals surface area (Å²) in [5, 5.41) is 0. The molecule has 0 bridgehead atoms. The Morgan fingerprint density at radius 2 is 1.77 bits per heavy atom. The van der Waals surface area contributed by atoms with Crippen molar-refractivity contribution < 1.29 is 17.9 Å². The zero-order valence-electron chi connectivity index (χ0n) is 15.7. The number of anilines is 1. The average molecular weight is 381 g/mol. The molecule has 0 amide bonds. The van der Waals surface area contributed by atoms with Gasteiger partial charge in [0.2, 0.25) is 5.88 Å². The van der Waals surface area contributed by atoms with E-state index in [0.717, 1.165) is 37.7 Å². The minimum atomic E-state index is -2.96. The Balaban J connectivity index is 1.64. The molecule has 3 fully saturated rings. The number of aromatic nitrogens is 2. The van der Waals surface area contributed by atoms with Crippen LogP contribution in [-0.2, 0) is 14.6 Å². The average Bonchev–Trinajstić information content (AvgIpc) is 2.94. The number of nitrogens with zero attached hydrogens (tertiary/aromatic N) is 3. The summed E-state index contributed by atoms with van der Waals surface area (Å²) in [6.45, 7) is 7.04. The third-order valence-electron chi connectivity index (χ3n) is 6.44. The van der Waals surface area contributed by atoms with Crippen LogP contribution in [0.3, 0.4) is 0 Å². The predicted molar refractivity (Wildman–Crippen MR) is 98.5 cm³/mol. The van der Waals surface area contributed by atoms with Gasteiger partial charge in [0.15, 0.2) is 9.84 Å². The third kappa shape index (κ3) is 2.97. The lowest BCUT2D eigenvalue weighted by molar-refractivity contribution is 0.0834. The fraction of sp³-hybridized carbons (Fsp3) is 0.778. The highest BCUT2D eigenvalue weighted by atomic mass is 32.2. The Hall–Kier alpha value is -1.41. The molecule has 1 aromatic heterocycles. The molecule has 0 aliphatic carbocycles. The zero-order chi connectivity index (χ0) is 18.6. The summed E-state index contributed by atoms with van der Waals surface area (Å²) < 4.78 is 35.2. The summed E-state index contributed by atoms with van der Waals surface area (Å²) in [5.74, 6) is 3.00. The maximum absolute atomic E-state index is 12.2. The van der Waals surface area contributed by atoms with E-state index in [2.05, 4.69) is 23.7 Å². The molecular weight excluding hydrogens is 354 g/mol. The number of rotatable bonds is 3. The van der Waals surface area contributed by atoms with E-state index in [4.69, 9.17) is 14.5 Å². The zero-order valence-corrected chi connectivity index (χ0v) is 16.5. The molecule has 0 spiro atoms. The summed E-state index contributed by atoms with van der Waals surface area (Å²) in [6.07, 6.45) is 1.83.